The molecule has 0 amide bonds. The fourth-order valence-electron chi connectivity index (χ4n) is 3.83. The van der Waals surface area contributed by atoms with Crippen molar-refractivity contribution in [3.05, 3.63) is 48.6 Å². The summed E-state index contributed by atoms with van der Waals surface area (Å²) in [5.41, 5.74) is 1.41. The van der Waals surface area contributed by atoms with Crippen molar-refractivity contribution in [1.29, 1.82) is 0 Å². The first-order chi connectivity index (χ1) is 15.1. The Kier molecular flexibility index (Phi) is 15.3. The van der Waals surface area contributed by atoms with Crippen LogP contribution in [0.2, 0.25) is 0 Å². The van der Waals surface area contributed by atoms with Crippen molar-refractivity contribution in [2.75, 3.05) is 0 Å². The summed E-state index contributed by atoms with van der Waals surface area (Å²) in [7, 11) is 0. The van der Waals surface area contributed by atoms with Crippen LogP contribution in [0.15, 0.2) is 37.2 Å². The molecule has 0 spiro atoms. The van der Waals surface area contributed by atoms with E-state index in [2.05, 4.69) is 19.9 Å². The second-order valence-electron chi connectivity index (χ2n) is 8.30. The first kappa shape index (κ1) is 31.4. The van der Waals surface area contributed by atoms with Crippen molar-refractivity contribution in [2.45, 2.75) is 66.2 Å². The van der Waals surface area contributed by atoms with Gasteiger partial charge in [0, 0.05) is 72.8 Å². The largest absolute Gasteiger partial charge is 2.00 e. The van der Waals surface area contributed by atoms with Crippen molar-refractivity contribution in [2.24, 2.45) is 23.7 Å². The number of hydrogen-bond acceptors (Lipinski definition) is 8. The molecule has 9 heteroatoms. The Balaban J connectivity index is 0.000000602. The molecule has 0 saturated heterocycles. The van der Waals surface area contributed by atoms with Crippen LogP contribution in [0, 0.1) is 23.7 Å². The number of carboxylic acid groups (broad SMARTS) is 2. The molecule has 0 N–H and O–H groups in total. The Morgan fingerprint density at radius 1 is 0.727 bits per heavy atom. The molecule has 0 aliphatic rings. The first-order valence-electron chi connectivity index (χ1n) is 11.1. The van der Waals surface area contributed by atoms with Gasteiger partial charge in [0.2, 0.25) is 0 Å². The molecule has 0 aliphatic carbocycles. The van der Waals surface area contributed by atoms with E-state index in [1.807, 2.05) is 41.5 Å². The average Bonchev–Trinajstić information content (AvgIpc) is 2.80. The molecule has 176 valence electrons. The van der Waals surface area contributed by atoms with Crippen LogP contribution in [0.25, 0.3) is 0 Å². The number of aliphatic carboxylic acids is 2. The molecule has 2 aromatic heterocycles. The van der Waals surface area contributed by atoms with E-state index in [1.54, 1.807) is 37.2 Å². The number of aromatic nitrogens is 4. The molecule has 2 rings (SSSR count). The molecule has 0 bridgehead atoms. The summed E-state index contributed by atoms with van der Waals surface area (Å²) in [5, 5.41) is 22.3. The van der Waals surface area contributed by atoms with Gasteiger partial charge in [-0.25, -0.2) is 0 Å². The maximum absolute atomic E-state index is 11.2. The minimum absolute atomic E-state index is 0. The fraction of sp³-hybridized carbons (Fsp3) is 0.583. The van der Waals surface area contributed by atoms with Crippen molar-refractivity contribution in [3.8, 4) is 0 Å². The molecule has 0 radical (unpaired) electrons. The summed E-state index contributed by atoms with van der Waals surface area (Å²) in [5.74, 6) is -3.24. The zero-order valence-electron chi connectivity index (χ0n) is 20.5. The Morgan fingerprint density at radius 3 is 1.27 bits per heavy atom. The van der Waals surface area contributed by atoms with E-state index in [-0.39, 0.29) is 61.4 Å². The molecule has 6 unspecified atom stereocenters. The molecule has 8 nitrogen and oxygen atoms in total. The first-order valence-corrected chi connectivity index (χ1v) is 11.1. The zero-order chi connectivity index (χ0) is 24.3. The predicted molar refractivity (Wildman–Crippen MR) is 123 cm³/mol. The van der Waals surface area contributed by atoms with Gasteiger partial charge in [-0.15, -0.1) is 0 Å². The Labute approximate surface area is 226 Å². The van der Waals surface area contributed by atoms with E-state index in [9.17, 15) is 19.8 Å². The van der Waals surface area contributed by atoms with Gasteiger partial charge in [-0.1, -0.05) is 54.4 Å². The minimum atomic E-state index is -1.01. The van der Waals surface area contributed by atoms with Gasteiger partial charge in [-0.3, -0.25) is 19.9 Å². The van der Waals surface area contributed by atoms with Crippen molar-refractivity contribution < 1.29 is 19.8 Å². The van der Waals surface area contributed by atoms with E-state index < -0.39 is 23.8 Å². The summed E-state index contributed by atoms with van der Waals surface area (Å²) in [6.07, 6.45) is 11.2. The smallest absolute Gasteiger partial charge is 0.550 e. The topological polar surface area (TPSA) is 132 Å². The third-order valence-corrected chi connectivity index (χ3v) is 6.24. The standard InChI is InChI=1S/2C12H18N2O2.Ca/c2*1-4-8(2)11(12(15)16)9(3)10-7-13-5-6-14-10;/h2*5-9,11H,4H2,1-3H3,(H,15,16);/q;;+2/p-2. The predicted octanol–water partition coefficient (Wildman–Crippen LogP) is 1.60. The zero-order valence-corrected chi connectivity index (χ0v) is 22.7. The monoisotopic (exact) mass is 482 g/mol. The molecular formula is C24H34CaN4O4. The molecule has 33 heavy (non-hydrogen) atoms. The normalized spacial score (nSPS) is 15.9. The third kappa shape index (κ3) is 9.63. The van der Waals surface area contributed by atoms with Crippen LogP contribution < -0.4 is 10.2 Å². The van der Waals surface area contributed by atoms with Crippen LogP contribution in [-0.4, -0.2) is 69.6 Å². The van der Waals surface area contributed by atoms with Gasteiger partial charge in [0.15, 0.2) is 0 Å². The van der Waals surface area contributed by atoms with Crippen molar-refractivity contribution >= 4 is 49.7 Å². The third-order valence-electron chi connectivity index (χ3n) is 6.24. The average molecular weight is 483 g/mol. The number of carbonyl (C=O) groups excluding carboxylic acids is 2. The van der Waals surface area contributed by atoms with Gasteiger partial charge in [0.1, 0.15) is 0 Å². The molecule has 2 aromatic rings. The number of hydrogen-bond donors (Lipinski definition) is 0. The second-order valence-corrected chi connectivity index (χ2v) is 8.30. The van der Waals surface area contributed by atoms with E-state index in [0.717, 1.165) is 12.8 Å². The molecule has 0 aliphatic heterocycles. The Morgan fingerprint density at radius 2 is 1.06 bits per heavy atom. The van der Waals surface area contributed by atoms with Crippen LogP contribution in [0.4, 0.5) is 0 Å². The van der Waals surface area contributed by atoms with Crippen LogP contribution in [-0.2, 0) is 9.59 Å². The van der Waals surface area contributed by atoms with E-state index in [1.165, 1.54) is 0 Å². The SMILES string of the molecule is CCC(C)C(C(=O)[O-])C(C)c1cnccn1.CCC(C)C(C(=O)[O-])C(C)c1cnccn1.[Ca+2]. The Bertz CT molecular complexity index is 756. The van der Waals surface area contributed by atoms with E-state index >= 15 is 0 Å². The van der Waals surface area contributed by atoms with Crippen LogP contribution >= 0.6 is 0 Å². The summed E-state index contributed by atoms with van der Waals surface area (Å²) in [6.45, 7) is 11.5. The minimum Gasteiger partial charge on any atom is -0.550 e. The molecule has 6 atom stereocenters. The molecular weight excluding hydrogens is 448 g/mol. The second kappa shape index (κ2) is 16.1. The van der Waals surface area contributed by atoms with Crippen molar-refractivity contribution in [1.82, 2.24) is 19.9 Å². The molecule has 0 aromatic carbocycles. The molecule has 0 fully saturated rings. The van der Waals surface area contributed by atoms with E-state index in [0.29, 0.717) is 11.4 Å². The summed E-state index contributed by atoms with van der Waals surface area (Å²) in [6, 6.07) is 0. The maximum Gasteiger partial charge on any atom is 2.00 e. The van der Waals surface area contributed by atoms with Gasteiger partial charge in [0.05, 0.1) is 11.4 Å². The van der Waals surface area contributed by atoms with Gasteiger partial charge in [-0.05, 0) is 11.8 Å². The summed E-state index contributed by atoms with van der Waals surface area (Å²) in [4.78, 5) is 38.5. The van der Waals surface area contributed by atoms with Crippen LogP contribution in [0.3, 0.4) is 0 Å². The van der Waals surface area contributed by atoms with E-state index in [4.69, 9.17) is 0 Å². The number of carbonyl (C=O) groups is 2. The number of carboxylic acids is 2. The summed E-state index contributed by atoms with van der Waals surface area (Å²) >= 11 is 0. The number of nitrogens with zero attached hydrogens (tertiary/aromatic N) is 4. The van der Waals surface area contributed by atoms with Gasteiger partial charge in [0.25, 0.3) is 0 Å². The van der Waals surface area contributed by atoms with Gasteiger partial charge >= 0.3 is 37.7 Å². The summed E-state index contributed by atoms with van der Waals surface area (Å²) < 4.78 is 0. The van der Waals surface area contributed by atoms with Crippen LogP contribution in [0.5, 0.6) is 0 Å². The Hall–Kier alpha value is -1.64. The number of rotatable bonds is 10. The van der Waals surface area contributed by atoms with Crippen LogP contribution in [0.1, 0.15) is 77.6 Å². The van der Waals surface area contributed by atoms with Crippen molar-refractivity contribution in [3.63, 3.8) is 0 Å². The maximum atomic E-state index is 11.2. The molecule has 0 saturated carbocycles. The fourth-order valence-corrected chi connectivity index (χ4v) is 3.83. The molecule has 2 heterocycles. The quantitative estimate of drug-likeness (QED) is 0.467. The van der Waals surface area contributed by atoms with Gasteiger partial charge < -0.3 is 19.8 Å². The van der Waals surface area contributed by atoms with Gasteiger partial charge in [-0.2, -0.15) is 0 Å².